The molecule has 4 nitrogen and oxygen atoms in total. The fourth-order valence-corrected chi connectivity index (χ4v) is 2.71. The Kier molecular flexibility index (Phi) is 4.83. The van der Waals surface area contributed by atoms with Crippen molar-refractivity contribution >= 4 is 11.7 Å². The van der Waals surface area contributed by atoms with Crippen LogP contribution in [-0.4, -0.2) is 25.2 Å². The predicted molar refractivity (Wildman–Crippen MR) is 90.3 cm³/mol. The Morgan fingerprint density at radius 1 is 1.08 bits per heavy atom. The topological polar surface area (TPSA) is 50.8 Å². The second-order valence-electron chi connectivity index (χ2n) is 5.84. The van der Waals surface area contributed by atoms with Gasteiger partial charge in [0.1, 0.15) is 12.6 Å². The molecule has 132 valence electrons. The van der Waals surface area contributed by atoms with Gasteiger partial charge in [0, 0.05) is 18.8 Å². The molecule has 1 aliphatic heterocycles. The highest BCUT2D eigenvalue weighted by Crippen LogP contribution is 2.31. The molecule has 7 heteroatoms. The van der Waals surface area contributed by atoms with Gasteiger partial charge in [-0.05, 0) is 29.8 Å². The summed E-state index contributed by atoms with van der Waals surface area (Å²) in [7, 11) is 0. The summed E-state index contributed by atoms with van der Waals surface area (Å²) in [6.45, 7) is 1.43. The normalized spacial score (nSPS) is 17.1. The molecule has 25 heavy (non-hydrogen) atoms. The molecule has 0 saturated carbocycles. The molecule has 2 aromatic carbocycles. The molecule has 0 bridgehead atoms. The van der Waals surface area contributed by atoms with Crippen molar-refractivity contribution < 1.29 is 17.9 Å². The average molecular weight is 349 g/mol. The molecule has 3 rings (SSSR count). The van der Waals surface area contributed by atoms with E-state index in [-0.39, 0.29) is 12.1 Å². The quantitative estimate of drug-likeness (QED) is 0.900. The van der Waals surface area contributed by atoms with Crippen molar-refractivity contribution in [2.24, 2.45) is 10.7 Å². The van der Waals surface area contributed by atoms with E-state index < -0.39 is 11.7 Å². The zero-order chi connectivity index (χ0) is 17.9. The first-order valence-corrected chi connectivity index (χ1v) is 7.84. The Labute approximate surface area is 143 Å². The maximum absolute atomic E-state index is 12.8. The number of halogens is 3. The number of nitrogens with zero attached hydrogens (tertiary/aromatic N) is 2. The minimum absolute atomic E-state index is 0.147. The van der Waals surface area contributed by atoms with Crippen LogP contribution < -0.4 is 10.6 Å². The van der Waals surface area contributed by atoms with Crippen molar-refractivity contribution in [2.75, 3.05) is 18.1 Å². The largest absolute Gasteiger partial charge is 0.463 e. The minimum atomic E-state index is -4.35. The van der Waals surface area contributed by atoms with Gasteiger partial charge in [0.05, 0.1) is 5.56 Å². The highest BCUT2D eigenvalue weighted by atomic mass is 19.4. The zero-order valence-electron chi connectivity index (χ0n) is 13.4. The second-order valence-corrected chi connectivity index (χ2v) is 5.84. The molecule has 0 fully saturated rings. The molecule has 0 aliphatic carbocycles. The number of nitrogens with two attached hydrogens (primary N) is 1. The first-order chi connectivity index (χ1) is 11.9. The Morgan fingerprint density at radius 3 is 2.32 bits per heavy atom. The third-order valence-corrected chi connectivity index (χ3v) is 3.94. The summed E-state index contributed by atoms with van der Waals surface area (Å²) in [5.41, 5.74) is 6.63. The summed E-state index contributed by atoms with van der Waals surface area (Å²) >= 11 is 0. The fraction of sp³-hybridized carbons (Fsp3) is 0.278. The molecule has 2 N–H and O–H groups in total. The van der Waals surface area contributed by atoms with E-state index >= 15 is 0 Å². The van der Waals surface area contributed by atoms with Crippen molar-refractivity contribution in [2.45, 2.75) is 18.8 Å². The summed E-state index contributed by atoms with van der Waals surface area (Å²) in [5, 5.41) is 0. The number of hydrogen-bond donors (Lipinski definition) is 1. The van der Waals surface area contributed by atoms with E-state index in [9.17, 15) is 13.2 Å². The molecule has 0 saturated heterocycles. The van der Waals surface area contributed by atoms with Crippen LogP contribution in [0.5, 0.6) is 0 Å². The van der Waals surface area contributed by atoms with Crippen molar-refractivity contribution in [3.8, 4) is 0 Å². The number of aliphatic imine (C=N–C) groups is 1. The zero-order valence-corrected chi connectivity index (χ0v) is 13.4. The van der Waals surface area contributed by atoms with Gasteiger partial charge in [-0.25, -0.2) is 4.99 Å². The van der Waals surface area contributed by atoms with Gasteiger partial charge in [-0.1, -0.05) is 30.3 Å². The first kappa shape index (κ1) is 17.1. The Bertz CT molecular complexity index is 729. The number of amidine groups is 1. The SMILES string of the molecule is NC1=NC(CN(Cc2ccccc2)c2ccc(C(F)(F)F)cc2)CO1. The molecule has 1 aliphatic rings. The first-order valence-electron chi connectivity index (χ1n) is 7.84. The summed E-state index contributed by atoms with van der Waals surface area (Å²) in [6, 6.07) is 14.9. The lowest BCUT2D eigenvalue weighted by molar-refractivity contribution is -0.137. The average Bonchev–Trinajstić information content (AvgIpc) is 3.00. The number of anilines is 1. The summed E-state index contributed by atoms with van der Waals surface area (Å²) < 4.78 is 43.5. The van der Waals surface area contributed by atoms with Crippen LogP contribution in [-0.2, 0) is 17.5 Å². The van der Waals surface area contributed by atoms with Crippen LogP contribution in [0.2, 0.25) is 0 Å². The molecule has 0 spiro atoms. The third-order valence-electron chi connectivity index (χ3n) is 3.94. The Morgan fingerprint density at radius 2 is 1.76 bits per heavy atom. The molecule has 0 radical (unpaired) electrons. The van der Waals surface area contributed by atoms with Crippen molar-refractivity contribution in [3.63, 3.8) is 0 Å². The second kappa shape index (κ2) is 7.04. The van der Waals surface area contributed by atoms with E-state index in [0.717, 1.165) is 17.7 Å². The highest BCUT2D eigenvalue weighted by Gasteiger charge is 2.30. The summed E-state index contributed by atoms with van der Waals surface area (Å²) in [4.78, 5) is 6.18. The van der Waals surface area contributed by atoms with Gasteiger partial charge in [-0.2, -0.15) is 13.2 Å². The molecule has 1 atom stereocenters. The van der Waals surface area contributed by atoms with Gasteiger partial charge >= 0.3 is 6.18 Å². The van der Waals surface area contributed by atoms with Crippen molar-refractivity contribution in [1.82, 2.24) is 0 Å². The molecule has 0 amide bonds. The van der Waals surface area contributed by atoms with Gasteiger partial charge in [0.2, 0.25) is 0 Å². The molecular formula is C18H18F3N3O. The van der Waals surface area contributed by atoms with Crippen LogP contribution >= 0.6 is 0 Å². The molecule has 1 heterocycles. The van der Waals surface area contributed by atoms with Gasteiger partial charge in [-0.15, -0.1) is 0 Å². The maximum Gasteiger partial charge on any atom is 0.416 e. The number of alkyl halides is 3. The maximum atomic E-state index is 12.8. The number of benzene rings is 2. The van der Waals surface area contributed by atoms with E-state index in [2.05, 4.69) is 4.99 Å². The Hall–Kier alpha value is -2.70. The highest BCUT2D eigenvalue weighted by molar-refractivity contribution is 5.73. The van der Waals surface area contributed by atoms with Crippen LogP contribution in [0.15, 0.2) is 59.6 Å². The fourth-order valence-electron chi connectivity index (χ4n) is 2.71. The van der Waals surface area contributed by atoms with E-state index in [1.807, 2.05) is 35.2 Å². The lowest BCUT2D eigenvalue weighted by atomic mass is 10.1. The lowest BCUT2D eigenvalue weighted by Crippen LogP contribution is -2.32. The standard InChI is InChI=1S/C18H18F3N3O/c19-18(20,21)14-6-8-16(9-7-14)24(10-13-4-2-1-3-5-13)11-15-12-25-17(22)23-15/h1-9,15H,10-12H2,(H2,22,23). The van der Waals surface area contributed by atoms with Gasteiger partial charge in [0.15, 0.2) is 0 Å². The van der Waals surface area contributed by atoms with Crippen LogP contribution in [0.1, 0.15) is 11.1 Å². The lowest BCUT2D eigenvalue weighted by Gasteiger charge is -2.27. The molecule has 1 unspecified atom stereocenters. The molecule has 2 aromatic rings. The van der Waals surface area contributed by atoms with Crippen LogP contribution in [0.4, 0.5) is 18.9 Å². The number of rotatable bonds is 5. The summed E-state index contributed by atoms with van der Waals surface area (Å²) in [6.07, 6.45) is -4.35. The van der Waals surface area contributed by atoms with Crippen LogP contribution in [0, 0.1) is 0 Å². The third kappa shape index (κ3) is 4.43. The Balaban J connectivity index is 1.82. The predicted octanol–water partition coefficient (Wildman–Crippen LogP) is 3.43. The smallest absolute Gasteiger partial charge is 0.416 e. The minimum Gasteiger partial charge on any atom is -0.463 e. The van der Waals surface area contributed by atoms with E-state index in [1.54, 1.807) is 0 Å². The van der Waals surface area contributed by atoms with Gasteiger partial charge in [0.25, 0.3) is 6.02 Å². The molecular weight excluding hydrogens is 331 g/mol. The number of hydrogen-bond acceptors (Lipinski definition) is 4. The summed E-state index contributed by atoms with van der Waals surface area (Å²) in [5.74, 6) is 0. The van der Waals surface area contributed by atoms with Crippen molar-refractivity contribution in [3.05, 3.63) is 65.7 Å². The number of ether oxygens (including phenoxy) is 1. The van der Waals surface area contributed by atoms with Gasteiger partial charge in [-0.3, -0.25) is 0 Å². The van der Waals surface area contributed by atoms with Crippen LogP contribution in [0.25, 0.3) is 0 Å². The van der Waals surface area contributed by atoms with Crippen LogP contribution in [0.3, 0.4) is 0 Å². The van der Waals surface area contributed by atoms with E-state index in [1.165, 1.54) is 12.1 Å². The van der Waals surface area contributed by atoms with Crippen molar-refractivity contribution in [1.29, 1.82) is 0 Å². The van der Waals surface area contributed by atoms with E-state index in [4.69, 9.17) is 10.5 Å². The van der Waals surface area contributed by atoms with E-state index in [0.29, 0.717) is 25.4 Å². The van der Waals surface area contributed by atoms with Gasteiger partial charge < -0.3 is 15.4 Å². The molecule has 0 aromatic heterocycles. The monoisotopic (exact) mass is 349 g/mol.